The number of alkyl halides is 1. The van der Waals surface area contributed by atoms with E-state index in [2.05, 4.69) is 41.6 Å². The number of carbonyl (C=O) groups excluding carboxylic acids is 3. The second-order valence-corrected chi connectivity index (χ2v) is 9.28. The maximum Gasteiger partial charge on any atom is 0.307 e. The molecule has 41 heavy (non-hydrogen) atoms. The van der Waals surface area contributed by atoms with Crippen LogP contribution in [0, 0.1) is 0 Å². The van der Waals surface area contributed by atoms with Crippen LogP contribution in [0.3, 0.4) is 0 Å². The summed E-state index contributed by atoms with van der Waals surface area (Å²) in [4.78, 5) is 42.2. The molecule has 2 unspecified atom stereocenters. The standard InChI is InChI=1S/C27H28FN9O4/c1-41-25(39)11-21(16-4-2-5-19(8-16)37-7-3-6-33-37)34-24(38)15-29-26(40)17-9-22(20-14-32-36-23(20)10-17)35-27-30-12-18(28)13-31-27/h2-10,14,18,21H,11-13,15H2,1H3,(H,29,40)(H,32,36)(H,34,38)(H2,30,31,35). The molecule has 1 aliphatic heterocycles. The third-order valence-electron chi connectivity index (χ3n) is 6.40. The molecule has 5 rings (SSSR count). The Kier molecular flexibility index (Phi) is 8.18. The Bertz CT molecular complexity index is 1580. The van der Waals surface area contributed by atoms with Gasteiger partial charge in [-0.2, -0.15) is 10.2 Å². The lowest BCUT2D eigenvalue weighted by molar-refractivity contribution is -0.141. The number of aliphatic imine (C=N–C) groups is 1. The third kappa shape index (κ3) is 6.66. The molecule has 0 saturated heterocycles. The summed E-state index contributed by atoms with van der Waals surface area (Å²) in [7, 11) is 1.27. The first-order chi connectivity index (χ1) is 19.9. The lowest BCUT2D eigenvalue weighted by Crippen LogP contribution is -2.41. The molecule has 14 heteroatoms. The van der Waals surface area contributed by atoms with Gasteiger partial charge in [0.15, 0.2) is 5.96 Å². The van der Waals surface area contributed by atoms with Gasteiger partial charge in [-0.15, -0.1) is 0 Å². The van der Waals surface area contributed by atoms with E-state index in [0.29, 0.717) is 28.1 Å². The molecule has 2 amide bonds. The van der Waals surface area contributed by atoms with Crippen LogP contribution in [0.25, 0.3) is 16.6 Å². The minimum absolute atomic E-state index is 0.0314. The number of nitrogens with zero attached hydrogens (tertiary/aromatic N) is 4. The Labute approximate surface area is 233 Å². The number of methoxy groups -OCH3 is 1. The summed E-state index contributed by atoms with van der Waals surface area (Å²) in [5.74, 6) is -1.13. The Morgan fingerprint density at radius 1 is 1.22 bits per heavy atom. The van der Waals surface area contributed by atoms with Crippen LogP contribution < -0.4 is 21.3 Å². The van der Waals surface area contributed by atoms with Gasteiger partial charge in [0.25, 0.3) is 5.91 Å². The van der Waals surface area contributed by atoms with E-state index in [1.165, 1.54) is 7.11 Å². The average molecular weight is 562 g/mol. The predicted octanol–water partition coefficient (Wildman–Crippen LogP) is 1.61. The lowest BCUT2D eigenvalue weighted by atomic mass is 10.0. The van der Waals surface area contributed by atoms with Crippen molar-refractivity contribution in [2.75, 3.05) is 32.1 Å². The summed E-state index contributed by atoms with van der Waals surface area (Å²) < 4.78 is 19.9. The van der Waals surface area contributed by atoms with Crippen LogP contribution in [0.4, 0.5) is 10.1 Å². The molecule has 212 valence electrons. The molecule has 0 spiro atoms. The summed E-state index contributed by atoms with van der Waals surface area (Å²) in [6, 6.07) is 11.5. The molecule has 13 nitrogen and oxygen atoms in total. The molecule has 4 aromatic rings. The van der Waals surface area contributed by atoms with Gasteiger partial charge in [0.1, 0.15) is 6.17 Å². The van der Waals surface area contributed by atoms with Crippen molar-refractivity contribution in [3.05, 3.63) is 72.2 Å². The van der Waals surface area contributed by atoms with E-state index >= 15 is 0 Å². The van der Waals surface area contributed by atoms with Crippen LogP contribution in [0.5, 0.6) is 0 Å². The molecule has 0 bridgehead atoms. The summed E-state index contributed by atoms with van der Waals surface area (Å²) in [5.41, 5.74) is 2.79. The van der Waals surface area contributed by atoms with Gasteiger partial charge >= 0.3 is 5.97 Å². The highest BCUT2D eigenvalue weighted by Gasteiger charge is 2.21. The number of fused-ring (bicyclic) bond motifs is 1. The first-order valence-corrected chi connectivity index (χ1v) is 12.8. The third-order valence-corrected chi connectivity index (χ3v) is 6.40. The molecular formula is C27H28FN9O4. The largest absolute Gasteiger partial charge is 0.469 e. The van der Waals surface area contributed by atoms with Crippen molar-refractivity contribution in [2.24, 2.45) is 4.99 Å². The number of amides is 2. The highest BCUT2D eigenvalue weighted by atomic mass is 19.1. The zero-order valence-electron chi connectivity index (χ0n) is 22.1. The predicted molar refractivity (Wildman–Crippen MR) is 148 cm³/mol. The number of benzene rings is 2. The van der Waals surface area contributed by atoms with E-state index < -0.39 is 30.0 Å². The van der Waals surface area contributed by atoms with Crippen molar-refractivity contribution in [1.82, 2.24) is 35.9 Å². The molecule has 3 heterocycles. The number of rotatable bonds is 9. The van der Waals surface area contributed by atoms with Crippen molar-refractivity contribution < 1.29 is 23.5 Å². The minimum Gasteiger partial charge on any atom is -0.469 e. The number of guanidine groups is 1. The molecule has 2 atom stereocenters. The number of H-pyrrole nitrogens is 1. The van der Waals surface area contributed by atoms with Crippen molar-refractivity contribution in [3.63, 3.8) is 0 Å². The maximum atomic E-state index is 13.4. The molecule has 0 aliphatic carbocycles. The number of hydrogen-bond donors (Lipinski definition) is 5. The molecule has 2 aromatic heterocycles. The number of nitrogens with one attached hydrogen (secondary N) is 5. The maximum absolute atomic E-state index is 13.4. The summed E-state index contributed by atoms with van der Waals surface area (Å²) in [6.07, 6.45) is 3.85. The molecule has 2 aromatic carbocycles. The van der Waals surface area contributed by atoms with E-state index in [-0.39, 0.29) is 31.6 Å². The fraction of sp³-hybridized carbons (Fsp3) is 0.259. The second kappa shape index (κ2) is 12.3. The topological polar surface area (TPSA) is 167 Å². The quantitative estimate of drug-likeness (QED) is 0.192. The Morgan fingerprint density at radius 2 is 2.10 bits per heavy atom. The van der Waals surface area contributed by atoms with Crippen LogP contribution in [0.2, 0.25) is 0 Å². The lowest BCUT2D eigenvalue weighted by Gasteiger charge is -2.20. The molecule has 0 saturated carbocycles. The van der Waals surface area contributed by atoms with Crippen LogP contribution in [-0.4, -0.2) is 76.6 Å². The number of hydrogen-bond acceptors (Lipinski definition) is 9. The number of halogens is 1. The van der Waals surface area contributed by atoms with E-state index in [9.17, 15) is 18.8 Å². The molecule has 0 fully saturated rings. The van der Waals surface area contributed by atoms with E-state index in [0.717, 1.165) is 5.69 Å². The van der Waals surface area contributed by atoms with Gasteiger partial charge < -0.3 is 26.0 Å². The molecule has 5 N–H and O–H groups in total. The van der Waals surface area contributed by atoms with Gasteiger partial charge in [0, 0.05) is 23.3 Å². The van der Waals surface area contributed by atoms with Crippen molar-refractivity contribution >= 4 is 40.3 Å². The Balaban J connectivity index is 1.27. The molecule has 1 aliphatic rings. The summed E-state index contributed by atoms with van der Waals surface area (Å²) in [5, 5.41) is 23.1. The van der Waals surface area contributed by atoms with E-state index in [4.69, 9.17) is 4.74 Å². The highest BCUT2D eigenvalue weighted by molar-refractivity contribution is 6.07. The second-order valence-electron chi connectivity index (χ2n) is 9.28. The van der Waals surface area contributed by atoms with Crippen LogP contribution >= 0.6 is 0 Å². The van der Waals surface area contributed by atoms with Gasteiger partial charge in [-0.05, 0) is 35.9 Å². The highest BCUT2D eigenvalue weighted by Crippen LogP contribution is 2.24. The van der Waals surface area contributed by atoms with E-state index in [1.807, 2.05) is 12.1 Å². The molecule has 0 radical (unpaired) electrons. The minimum atomic E-state index is -1.06. The molecular weight excluding hydrogens is 533 g/mol. The summed E-state index contributed by atoms with van der Waals surface area (Å²) >= 11 is 0. The first kappa shape index (κ1) is 27.3. The van der Waals surface area contributed by atoms with Gasteiger partial charge in [0.05, 0.1) is 62.3 Å². The van der Waals surface area contributed by atoms with Gasteiger partial charge in [-0.1, -0.05) is 12.1 Å². The zero-order chi connectivity index (χ0) is 28.8. The van der Waals surface area contributed by atoms with Crippen molar-refractivity contribution in [3.8, 4) is 5.69 Å². The van der Waals surface area contributed by atoms with Crippen molar-refractivity contribution in [2.45, 2.75) is 18.6 Å². The normalized spacial score (nSPS) is 15.4. The Morgan fingerprint density at radius 3 is 2.85 bits per heavy atom. The van der Waals surface area contributed by atoms with Crippen LogP contribution in [0.1, 0.15) is 28.4 Å². The van der Waals surface area contributed by atoms with E-state index in [1.54, 1.807) is 53.6 Å². The van der Waals surface area contributed by atoms with Crippen LogP contribution in [0.15, 0.2) is 66.0 Å². The Hall–Kier alpha value is -5.27. The number of anilines is 1. The smallest absolute Gasteiger partial charge is 0.307 e. The number of ether oxygens (including phenoxy) is 1. The number of carbonyl (C=O) groups is 3. The monoisotopic (exact) mass is 561 g/mol. The number of aromatic amines is 1. The van der Waals surface area contributed by atoms with Gasteiger partial charge in [-0.25, -0.2) is 14.1 Å². The number of esters is 1. The van der Waals surface area contributed by atoms with Gasteiger partial charge in [0.2, 0.25) is 5.91 Å². The zero-order valence-corrected chi connectivity index (χ0v) is 22.1. The average Bonchev–Trinajstić information content (AvgIpc) is 3.70. The number of aromatic nitrogens is 4. The fourth-order valence-electron chi connectivity index (χ4n) is 4.33. The fourth-order valence-corrected chi connectivity index (χ4v) is 4.33. The SMILES string of the molecule is COC(=O)CC(NC(=O)CNC(=O)c1cc(NC2=NCC(F)CN2)c2cn[nH]c2c1)c1cccc(-n2cccn2)c1. The van der Waals surface area contributed by atoms with Gasteiger partial charge in [-0.3, -0.25) is 19.5 Å². The first-order valence-electron chi connectivity index (χ1n) is 12.8. The summed E-state index contributed by atoms with van der Waals surface area (Å²) in [6.45, 7) is -0.185. The van der Waals surface area contributed by atoms with Crippen LogP contribution in [-0.2, 0) is 14.3 Å². The van der Waals surface area contributed by atoms with Crippen molar-refractivity contribution in [1.29, 1.82) is 0 Å².